The SMILES string of the molecule is O=C1OCC[C@H]1N1CCN(c2ncc(C(F)(F)F)cc2Cl)CC1. The van der Waals surface area contributed by atoms with Gasteiger partial charge in [0.05, 0.1) is 17.2 Å². The van der Waals surface area contributed by atoms with Crippen LogP contribution in [0.4, 0.5) is 19.0 Å². The number of hydrogen-bond acceptors (Lipinski definition) is 5. The molecule has 0 spiro atoms. The van der Waals surface area contributed by atoms with Crippen molar-refractivity contribution in [3.8, 4) is 0 Å². The Bertz CT molecular complexity index is 603. The van der Waals surface area contributed by atoms with E-state index in [-0.39, 0.29) is 17.0 Å². The van der Waals surface area contributed by atoms with E-state index in [0.717, 1.165) is 12.3 Å². The zero-order chi connectivity index (χ0) is 16.6. The first-order chi connectivity index (χ1) is 10.9. The fraction of sp³-hybridized carbons (Fsp3) is 0.571. The van der Waals surface area contributed by atoms with E-state index in [0.29, 0.717) is 45.0 Å². The van der Waals surface area contributed by atoms with E-state index in [1.807, 2.05) is 9.80 Å². The minimum Gasteiger partial charge on any atom is -0.464 e. The van der Waals surface area contributed by atoms with Crippen LogP contribution in [0.3, 0.4) is 0 Å². The number of halogens is 4. The Labute approximate surface area is 136 Å². The zero-order valence-corrected chi connectivity index (χ0v) is 12.9. The van der Waals surface area contributed by atoms with E-state index < -0.39 is 11.7 Å². The lowest BCUT2D eigenvalue weighted by Gasteiger charge is -2.37. The van der Waals surface area contributed by atoms with Crippen LogP contribution in [0.5, 0.6) is 0 Å². The van der Waals surface area contributed by atoms with Gasteiger partial charge in [-0.15, -0.1) is 0 Å². The van der Waals surface area contributed by atoms with E-state index in [1.165, 1.54) is 0 Å². The molecule has 2 saturated heterocycles. The molecule has 1 atom stereocenters. The zero-order valence-electron chi connectivity index (χ0n) is 12.1. The van der Waals surface area contributed by atoms with Gasteiger partial charge in [0.1, 0.15) is 11.9 Å². The largest absolute Gasteiger partial charge is 0.464 e. The molecule has 0 radical (unpaired) electrons. The molecular weight excluding hydrogens is 335 g/mol. The van der Waals surface area contributed by atoms with Gasteiger partial charge in [0.25, 0.3) is 0 Å². The highest BCUT2D eigenvalue weighted by Gasteiger charge is 2.35. The van der Waals surface area contributed by atoms with E-state index in [9.17, 15) is 18.0 Å². The summed E-state index contributed by atoms with van der Waals surface area (Å²) < 4.78 is 42.9. The van der Waals surface area contributed by atoms with Crippen molar-refractivity contribution in [1.29, 1.82) is 0 Å². The summed E-state index contributed by atoms with van der Waals surface area (Å²) in [7, 11) is 0. The number of carbonyl (C=O) groups is 1. The fourth-order valence-corrected chi connectivity index (χ4v) is 3.17. The van der Waals surface area contributed by atoms with Gasteiger partial charge >= 0.3 is 12.1 Å². The first kappa shape index (κ1) is 16.3. The number of carbonyl (C=O) groups excluding carboxylic acids is 1. The molecule has 1 aromatic heterocycles. The third-order valence-corrected chi connectivity index (χ3v) is 4.39. The number of pyridine rings is 1. The minimum absolute atomic E-state index is 0.0199. The molecule has 0 N–H and O–H groups in total. The second-order valence-corrected chi connectivity index (χ2v) is 5.93. The van der Waals surface area contributed by atoms with Crippen molar-refractivity contribution >= 4 is 23.4 Å². The van der Waals surface area contributed by atoms with Gasteiger partial charge in [0.15, 0.2) is 0 Å². The summed E-state index contributed by atoms with van der Waals surface area (Å²) in [5.74, 6) is 0.137. The highest BCUT2D eigenvalue weighted by atomic mass is 35.5. The molecule has 9 heteroatoms. The van der Waals surface area contributed by atoms with Crippen molar-refractivity contribution in [3.63, 3.8) is 0 Å². The number of piperazine rings is 1. The summed E-state index contributed by atoms with van der Waals surface area (Å²) in [6.45, 7) is 2.75. The number of nitrogens with zero attached hydrogens (tertiary/aromatic N) is 3. The third kappa shape index (κ3) is 3.37. The van der Waals surface area contributed by atoms with Crippen molar-refractivity contribution in [2.24, 2.45) is 0 Å². The smallest absolute Gasteiger partial charge is 0.417 e. The molecule has 2 aliphatic heterocycles. The quantitative estimate of drug-likeness (QED) is 0.766. The van der Waals surface area contributed by atoms with E-state index >= 15 is 0 Å². The van der Waals surface area contributed by atoms with Crippen LogP contribution in [0.25, 0.3) is 0 Å². The Balaban J connectivity index is 1.67. The topological polar surface area (TPSA) is 45.7 Å². The summed E-state index contributed by atoms with van der Waals surface area (Å²) in [6, 6.07) is 0.679. The molecule has 1 aromatic rings. The molecule has 0 aromatic carbocycles. The number of anilines is 1. The van der Waals surface area contributed by atoms with Crippen LogP contribution >= 0.6 is 11.6 Å². The normalized spacial score (nSPS) is 23.2. The summed E-state index contributed by atoms with van der Waals surface area (Å²) in [5.41, 5.74) is -0.862. The van der Waals surface area contributed by atoms with Crippen LogP contribution in [0, 0.1) is 0 Å². The maximum absolute atomic E-state index is 12.6. The molecule has 23 heavy (non-hydrogen) atoms. The Morgan fingerprint density at radius 3 is 2.48 bits per heavy atom. The number of cyclic esters (lactones) is 1. The molecular formula is C14H15ClF3N3O2. The van der Waals surface area contributed by atoms with E-state index in [2.05, 4.69) is 4.98 Å². The predicted molar refractivity (Wildman–Crippen MR) is 77.4 cm³/mol. The lowest BCUT2D eigenvalue weighted by atomic mass is 10.2. The summed E-state index contributed by atoms with van der Waals surface area (Å²) in [5, 5.41) is -0.0199. The standard InChI is InChI=1S/C14H15ClF3N3O2/c15-10-7-9(14(16,17)18)8-19-12(10)21-4-2-20(3-5-21)11-1-6-23-13(11)22/h7-8,11H,1-6H2/t11-/m1/s1. The van der Waals surface area contributed by atoms with Gasteiger partial charge in [-0.2, -0.15) is 13.2 Å². The van der Waals surface area contributed by atoms with E-state index in [1.54, 1.807) is 0 Å². The van der Waals surface area contributed by atoms with Gasteiger partial charge in [-0.3, -0.25) is 9.69 Å². The van der Waals surface area contributed by atoms with Gasteiger partial charge in [-0.1, -0.05) is 11.6 Å². The maximum atomic E-state index is 12.6. The monoisotopic (exact) mass is 349 g/mol. The summed E-state index contributed by atoms with van der Waals surface area (Å²) in [4.78, 5) is 19.3. The Morgan fingerprint density at radius 1 is 1.26 bits per heavy atom. The van der Waals surface area contributed by atoms with Crippen molar-refractivity contribution in [2.75, 3.05) is 37.7 Å². The molecule has 0 unspecified atom stereocenters. The van der Waals surface area contributed by atoms with Gasteiger partial charge in [0.2, 0.25) is 0 Å². The molecule has 2 aliphatic rings. The highest BCUT2D eigenvalue weighted by molar-refractivity contribution is 6.33. The molecule has 3 rings (SSSR count). The molecule has 2 fully saturated rings. The molecule has 0 amide bonds. The minimum atomic E-state index is -4.46. The summed E-state index contributed by atoms with van der Waals surface area (Å²) >= 11 is 5.96. The number of esters is 1. The van der Waals surface area contributed by atoms with Crippen LogP contribution in [0.1, 0.15) is 12.0 Å². The van der Waals surface area contributed by atoms with E-state index in [4.69, 9.17) is 16.3 Å². The first-order valence-electron chi connectivity index (χ1n) is 7.24. The number of aromatic nitrogens is 1. The van der Waals surface area contributed by atoms with Gasteiger partial charge < -0.3 is 9.64 Å². The van der Waals surface area contributed by atoms with Crippen LogP contribution in [-0.4, -0.2) is 54.7 Å². The summed E-state index contributed by atoms with van der Waals surface area (Å²) in [6.07, 6.45) is -2.99. The Hall–Kier alpha value is -1.54. The lowest BCUT2D eigenvalue weighted by molar-refractivity contribution is -0.142. The second kappa shape index (κ2) is 6.16. The van der Waals surface area contributed by atoms with Crippen molar-refractivity contribution in [3.05, 3.63) is 22.8 Å². The number of ether oxygens (including phenoxy) is 1. The third-order valence-electron chi connectivity index (χ3n) is 4.11. The van der Waals surface area contributed by atoms with Gasteiger partial charge in [-0.05, 0) is 6.07 Å². The predicted octanol–water partition coefficient (Wildman–Crippen LogP) is 2.19. The van der Waals surface area contributed by atoms with Crippen molar-refractivity contribution in [1.82, 2.24) is 9.88 Å². The molecule has 126 valence electrons. The highest BCUT2D eigenvalue weighted by Crippen LogP contribution is 2.33. The van der Waals surface area contributed by atoms with Gasteiger partial charge in [-0.25, -0.2) is 4.98 Å². The van der Waals surface area contributed by atoms with Crippen molar-refractivity contribution in [2.45, 2.75) is 18.6 Å². The van der Waals surface area contributed by atoms with Crippen LogP contribution in [0.15, 0.2) is 12.3 Å². The number of alkyl halides is 3. The average molecular weight is 350 g/mol. The fourth-order valence-electron chi connectivity index (χ4n) is 2.88. The maximum Gasteiger partial charge on any atom is 0.417 e. The molecule has 0 bridgehead atoms. The Morgan fingerprint density at radius 2 is 1.96 bits per heavy atom. The molecule has 0 saturated carbocycles. The Kier molecular flexibility index (Phi) is 4.37. The first-order valence-corrected chi connectivity index (χ1v) is 7.62. The molecule has 3 heterocycles. The molecule has 0 aliphatic carbocycles. The molecule has 5 nitrogen and oxygen atoms in total. The number of rotatable bonds is 2. The van der Waals surface area contributed by atoms with Crippen LogP contribution < -0.4 is 4.90 Å². The lowest BCUT2D eigenvalue weighted by Crippen LogP contribution is -2.52. The average Bonchev–Trinajstić information content (AvgIpc) is 2.93. The van der Waals surface area contributed by atoms with Gasteiger partial charge in [0, 0.05) is 38.8 Å². The van der Waals surface area contributed by atoms with Crippen LogP contribution in [0.2, 0.25) is 5.02 Å². The van der Waals surface area contributed by atoms with Crippen molar-refractivity contribution < 1.29 is 22.7 Å². The second-order valence-electron chi connectivity index (χ2n) is 5.52. The number of hydrogen-bond donors (Lipinski definition) is 0. The van der Waals surface area contributed by atoms with Crippen LogP contribution in [-0.2, 0) is 15.7 Å².